The molecule has 0 amide bonds. The lowest BCUT2D eigenvalue weighted by atomic mass is 10.3. The fourth-order valence-corrected chi connectivity index (χ4v) is 3.49. The zero-order valence-corrected chi connectivity index (χ0v) is 9.89. The highest BCUT2D eigenvalue weighted by Crippen LogP contribution is 2.14. The van der Waals surface area contributed by atoms with Gasteiger partial charge in [-0.25, -0.2) is 12.7 Å². The molecule has 0 atom stereocenters. The molecule has 0 aliphatic carbocycles. The molecule has 0 saturated heterocycles. The summed E-state index contributed by atoms with van der Waals surface area (Å²) in [6.45, 7) is 8.77. The number of nitrogens with zero attached hydrogens (tertiary/aromatic N) is 1. The second-order valence-corrected chi connectivity index (χ2v) is 5.28. The molecule has 0 radical (unpaired) electrons. The Bertz CT molecular complexity index is 198. The highest BCUT2D eigenvalue weighted by Gasteiger charge is 2.26. The first-order valence-corrected chi connectivity index (χ1v) is 6.53. The van der Waals surface area contributed by atoms with Gasteiger partial charge in [0, 0.05) is 13.1 Å². The molecule has 0 aromatic rings. The summed E-state index contributed by atoms with van der Waals surface area (Å²) in [5.74, 6) is 0. The second kappa shape index (κ2) is 5.60. The van der Waals surface area contributed by atoms with Crippen molar-refractivity contribution in [2.45, 2.75) is 45.8 Å². The Balaban J connectivity index is 4.71. The average molecular weight is 207 g/mol. The van der Waals surface area contributed by atoms with Gasteiger partial charge in [-0.05, 0) is 12.8 Å². The molecule has 0 bridgehead atoms. The molecule has 0 N–H and O–H groups in total. The predicted octanol–water partition coefficient (Wildman–Crippen LogP) is 1.85. The number of hydrogen-bond donors (Lipinski definition) is 0. The maximum absolute atomic E-state index is 11.9. The molecule has 13 heavy (non-hydrogen) atoms. The first-order chi connectivity index (χ1) is 6.04. The third-order valence-corrected chi connectivity index (χ3v) is 5.14. The van der Waals surface area contributed by atoms with Crippen LogP contribution in [0.5, 0.6) is 0 Å². The Morgan fingerprint density at radius 3 is 1.62 bits per heavy atom. The van der Waals surface area contributed by atoms with Crippen molar-refractivity contribution in [2.75, 3.05) is 13.1 Å². The van der Waals surface area contributed by atoms with E-state index in [4.69, 9.17) is 0 Å². The van der Waals surface area contributed by atoms with Gasteiger partial charge in [0.25, 0.3) is 0 Å². The molecule has 0 aliphatic rings. The number of hydrogen-bond acceptors (Lipinski definition) is 2. The van der Waals surface area contributed by atoms with Gasteiger partial charge in [-0.15, -0.1) is 0 Å². The molecular weight excluding hydrogens is 186 g/mol. The molecule has 0 heterocycles. The molecule has 0 rings (SSSR count). The van der Waals surface area contributed by atoms with E-state index in [1.54, 1.807) is 4.31 Å². The first kappa shape index (κ1) is 12.9. The third kappa shape index (κ3) is 2.95. The Labute approximate surface area is 82.2 Å². The minimum Gasteiger partial charge on any atom is -0.212 e. The summed E-state index contributed by atoms with van der Waals surface area (Å²) in [6.07, 6.45) is 1.41. The third-order valence-electron chi connectivity index (χ3n) is 2.40. The zero-order valence-electron chi connectivity index (χ0n) is 9.08. The molecule has 0 aromatic carbocycles. The van der Waals surface area contributed by atoms with Crippen molar-refractivity contribution in [3.05, 3.63) is 0 Å². The first-order valence-electron chi connectivity index (χ1n) is 5.03. The van der Waals surface area contributed by atoms with Gasteiger partial charge in [0.05, 0.1) is 5.25 Å². The second-order valence-electron chi connectivity index (χ2n) is 3.07. The van der Waals surface area contributed by atoms with Crippen LogP contribution >= 0.6 is 0 Å². The van der Waals surface area contributed by atoms with E-state index in [0.29, 0.717) is 25.9 Å². The van der Waals surface area contributed by atoms with Crippen molar-refractivity contribution >= 4 is 10.0 Å². The van der Waals surface area contributed by atoms with Crippen LogP contribution in [0.1, 0.15) is 40.5 Å². The fourth-order valence-electron chi connectivity index (χ4n) is 1.50. The SMILES string of the molecule is CCC(CC)S(=O)(=O)N(CC)CC. The molecule has 0 aromatic heterocycles. The van der Waals surface area contributed by atoms with Crippen LogP contribution in [0, 0.1) is 0 Å². The van der Waals surface area contributed by atoms with Crippen LogP contribution in [0.3, 0.4) is 0 Å². The standard InChI is InChI=1S/C9H21NO2S/c1-5-9(6-2)13(11,12)10(7-3)8-4/h9H,5-8H2,1-4H3. The molecule has 4 heteroatoms. The summed E-state index contributed by atoms with van der Waals surface area (Å²) in [6, 6.07) is 0. The lowest BCUT2D eigenvalue weighted by Crippen LogP contribution is -2.38. The predicted molar refractivity (Wildman–Crippen MR) is 56.2 cm³/mol. The maximum Gasteiger partial charge on any atom is 0.216 e. The van der Waals surface area contributed by atoms with E-state index in [-0.39, 0.29) is 5.25 Å². The lowest BCUT2D eigenvalue weighted by Gasteiger charge is -2.23. The zero-order chi connectivity index (χ0) is 10.5. The molecule has 0 spiro atoms. The van der Waals surface area contributed by atoms with E-state index in [2.05, 4.69) is 0 Å². The fraction of sp³-hybridized carbons (Fsp3) is 1.00. The van der Waals surface area contributed by atoms with Gasteiger partial charge in [0.15, 0.2) is 0 Å². The highest BCUT2D eigenvalue weighted by atomic mass is 32.2. The minimum atomic E-state index is -3.03. The van der Waals surface area contributed by atoms with Crippen molar-refractivity contribution in [1.29, 1.82) is 0 Å². The van der Waals surface area contributed by atoms with Gasteiger partial charge in [-0.1, -0.05) is 27.7 Å². The molecular formula is C9H21NO2S. The van der Waals surface area contributed by atoms with Crippen molar-refractivity contribution in [3.63, 3.8) is 0 Å². The maximum atomic E-state index is 11.9. The van der Waals surface area contributed by atoms with Gasteiger partial charge in [0.2, 0.25) is 10.0 Å². The normalized spacial score (nSPS) is 12.8. The van der Waals surface area contributed by atoms with Crippen LogP contribution in [0.4, 0.5) is 0 Å². The average Bonchev–Trinajstić information content (AvgIpc) is 2.07. The number of sulfonamides is 1. The largest absolute Gasteiger partial charge is 0.216 e. The van der Waals surface area contributed by atoms with E-state index >= 15 is 0 Å². The molecule has 0 unspecified atom stereocenters. The summed E-state index contributed by atoms with van der Waals surface area (Å²) in [5.41, 5.74) is 0. The van der Waals surface area contributed by atoms with E-state index in [0.717, 1.165) is 0 Å². The quantitative estimate of drug-likeness (QED) is 0.666. The highest BCUT2D eigenvalue weighted by molar-refractivity contribution is 7.89. The van der Waals surface area contributed by atoms with Crippen LogP contribution < -0.4 is 0 Å². The lowest BCUT2D eigenvalue weighted by molar-refractivity contribution is 0.431. The summed E-state index contributed by atoms with van der Waals surface area (Å²) in [7, 11) is -3.03. The van der Waals surface area contributed by atoms with Crippen LogP contribution in [0.25, 0.3) is 0 Å². The van der Waals surface area contributed by atoms with Gasteiger partial charge in [-0.3, -0.25) is 0 Å². The Hall–Kier alpha value is -0.0900. The van der Waals surface area contributed by atoms with Crippen molar-refractivity contribution in [2.24, 2.45) is 0 Å². The molecule has 80 valence electrons. The minimum absolute atomic E-state index is 0.201. The van der Waals surface area contributed by atoms with E-state index in [1.807, 2.05) is 27.7 Å². The van der Waals surface area contributed by atoms with Crippen LogP contribution in [-0.2, 0) is 10.0 Å². The van der Waals surface area contributed by atoms with Gasteiger partial charge >= 0.3 is 0 Å². The summed E-state index contributed by atoms with van der Waals surface area (Å²) in [5, 5.41) is -0.201. The van der Waals surface area contributed by atoms with Crippen molar-refractivity contribution in [1.82, 2.24) is 4.31 Å². The molecule has 0 aliphatic heterocycles. The smallest absolute Gasteiger partial charge is 0.212 e. The summed E-state index contributed by atoms with van der Waals surface area (Å²) >= 11 is 0. The summed E-state index contributed by atoms with van der Waals surface area (Å²) in [4.78, 5) is 0. The number of rotatable bonds is 6. The molecule has 0 saturated carbocycles. The van der Waals surface area contributed by atoms with Gasteiger partial charge in [0.1, 0.15) is 0 Å². The van der Waals surface area contributed by atoms with Gasteiger partial charge in [-0.2, -0.15) is 0 Å². The topological polar surface area (TPSA) is 37.4 Å². The molecule has 0 fully saturated rings. The van der Waals surface area contributed by atoms with Gasteiger partial charge < -0.3 is 0 Å². The Morgan fingerprint density at radius 1 is 1.00 bits per heavy atom. The summed E-state index contributed by atoms with van der Waals surface area (Å²) < 4.78 is 25.3. The van der Waals surface area contributed by atoms with Crippen LogP contribution in [-0.4, -0.2) is 31.1 Å². The van der Waals surface area contributed by atoms with Crippen molar-refractivity contribution < 1.29 is 8.42 Å². The Kier molecular flexibility index (Phi) is 5.56. The van der Waals surface area contributed by atoms with E-state index in [9.17, 15) is 8.42 Å². The monoisotopic (exact) mass is 207 g/mol. The van der Waals surface area contributed by atoms with E-state index in [1.165, 1.54) is 0 Å². The van der Waals surface area contributed by atoms with E-state index < -0.39 is 10.0 Å². The van der Waals surface area contributed by atoms with Crippen molar-refractivity contribution in [3.8, 4) is 0 Å². The molecule has 3 nitrogen and oxygen atoms in total. The van der Waals surface area contributed by atoms with Crippen LogP contribution in [0.15, 0.2) is 0 Å². The van der Waals surface area contributed by atoms with Crippen LogP contribution in [0.2, 0.25) is 0 Å². The Morgan fingerprint density at radius 2 is 1.38 bits per heavy atom.